The fraction of sp³-hybridized carbons (Fsp3) is 0.588. The highest BCUT2D eigenvalue weighted by molar-refractivity contribution is 5.75. The van der Waals surface area contributed by atoms with E-state index >= 15 is 0 Å². The number of hydrogen-bond donors (Lipinski definition) is 1. The summed E-state index contributed by atoms with van der Waals surface area (Å²) in [6.45, 7) is 8.63. The van der Waals surface area contributed by atoms with Gasteiger partial charge in [0, 0.05) is 26.2 Å². The molecule has 0 saturated heterocycles. The average molecular weight is 292 g/mol. The Morgan fingerprint density at radius 2 is 2.05 bits per heavy atom. The molecule has 0 aliphatic carbocycles. The van der Waals surface area contributed by atoms with E-state index in [2.05, 4.69) is 32.2 Å². The standard InChI is InChI=1S/C17H28N2O2/c1-13(2)11-18-12-15-10-14(3)6-7-16(15)21-9-8-17(20)19(4)5/h6-7,10,13,18H,8-9,11-12H2,1-5H3. The largest absolute Gasteiger partial charge is 0.493 e. The zero-order chi connectivity index (χ0) is 15.8. The molecule has 1 rings (SSSR count). The highest BCUT2D eigenvalue weighted by atomic mass is 16.5. The topological polar surface area (TPSA) is 41.6 Å². The molecular formula is C17H28N2O2. The van der Waals surface area contributed by atoms with Gasteiger partial charge in [-0.25, -0.2) is 0 Å². The number of rotatable bonds is 8. The second kappa shape index (κ2) is 8.67. The van der Waals surface area contributed by atoms with Gasteiger partial charge < -0.3 is 15.0 Å². The normalized spacial score (nSPS) is 10.8. The van der Waals surface area contributed by atoms with Gasteiger partial charge in [0.15, 0.2) is 0 Å². The molecule has 0 aromatic heterocycles. The highest BCUT2D eigenvalue weighted by Crippen LogP contribution is 2.20. The lowest BCUT2D eigenvalue weighted by atomic mass is 10.1. The second-order valence-corrected chi connectivity index (χ2v) is 6.02. The molecule has 1 amide bonds. The zero-order valence-electron chi connectivity index (χ0n) is 13.9. The van der Waals surface area contributed by atoms with Crippen LogP contribution in [0.2, 0.25) is 0 Å². The van der Waals surface area contributed by atoms with Gasteiger partial charge in [-0.05, 0) is 25.5 Å². The quantitative estimate of drug-likeness (QED) is 0.801. The lowest BCUT2D eigenvalue weighted by Gasteiger charge is -2.15. The first-order valence-corrected chi connectivity index (χ1v) is 7.53. The molecule has 0 radical (unpaired) electrons. The summed E-state index contributed by atoms with van der Waals surface area (Å²) in [5.74, 6) is 1.57. The van der Waals surface area contributed by atoms with Gasteiger partial charge in [0.05, 0.1) is 13.0 Å². The Morgan fingerprint density at radius 1 is 1.33 bits per heavy atom. The van der Waals surface area contributed by atoms with Crippen molar-refractivity contribution in [3.63, 3.8) is 0 Å². The molecule has 118 valence electrons. The molecule has 0 aliphatic rings. The summed E-state index contributed by atoms with van der Waals surface area (Å²) in [6.07, 6.45) is 0.403. The number of amides is 1. The van der Waals surface area contributed by atoms with Gasteiger partial charge in [-0.1, -0.05) is 31.5 Å². The molecule has 0 fully saturated rings. The molecular weight excluding hydrogens is 264 g/mol. The number of nitrogens with one attached hydrogen (secondary N) is 1. The lowest BCUT2D eigenvalue weighted by Crippen LogP contribution is -2.23. The van der Waals surface area contributed by atoms with Crippen LogP contribution in [-0.4, -0.2) is 38.1 Å². The molecule has 21 heavy (non-hydrogen) atoms. The minimum Gasteiger partial charge on any atom is -0.493 e. The summed E-state index contributed by atoms with van der Waals surface area (Å²) in [4.78, 5) is 13.1. The van der Waals surface area contributed by atoms with Crippen LogP contribution in [0.5, 0.6) is 5.75 Å². The molecule has 4 heteroatoms. The van der Waals surface area contributed by atoms with E-state index in [0.29, 0.717) is 18.9 Å². The number of ether oxygens (including phenoxy) is 1. The van der Waals surface area contributed by atoms with Crippen molar-refractivity contribution in [1.82, 2.24) is 10.2 Å². The smallest absolute Gasteiger partial charge is 0.225 e. The van der Waals surface area contributed by atoms with E-state index in [9.17, 15) is 4.79 Å². The number of benzene rings is 1. The van der Waals surface area contributed by atoms with Gasteiger partial charge in [0.25, 0.3) is 0 Å². The minimum absolute atomic E-state index is 0.0848. The van der Waals surface area contributed by atoms with Crippen molar-refractivity contribution in [2.24, 2.45) is 5.92 Å². The Kier molecular flexibility index (Phi) is 7.23. The van der Waals surface area contributed by atoms with Crippen LogP contribution in [0.15, 0.2) is 18.2 Å². The van der Waals surface area contributed by atoms with Crippen molar-refractivity contribution in [1.29, 1.82) is 0 Å². The van der Waals surface area contributed by atoms with E-state index in [1.54, 1.807) is 19.0 Å². The average Bonchev–Trinajstić information content (AvgIpc) is 2.40. The Labute approximate surface area is 128 Å². The van der Waals surface area contributed by atoms with Crippen LogP contribution >= 0.6 is 0 Å². The molecule has 1 aromatic carbocycles. The van der Waals surface area contributed by atoms with Crippen molar-refractivity contribution < 1.29 is 9.53 Å². The molecule has 0 unspecified atom stereocenters. The van der Waals surface area contributed by atoms with Crippen molar-refractivity contribution >= 4 is 5.91 Å². The summed E-state index contributed by atoms with van der Waals surface area (Å²) in [7, 11) is 3.52. The summed E-state index contributed by atoms with van der Waals surface area (Å²) in [5.41, 5.74) is 2.36. The summed E-state index contributed by atoms with van der Waals surface area (Å²) in [5, 5.41) is 3.43. The maximum absolute atomic E-state index is 11.6. The lowest BCUT2D eigenvalue weighted by molar-refractivity contribution is -0.129. The first kappa shape index (κ1) is 17.5. The predicted octanol–water partition coefficient (Wildman–Crippen LogP) is 2.60. The summed E-state index contributed by atoms with van der Waals surface area (Å²) < 4.78 is 5.78. The molecule has 4 nitrogen and oxygen atoms in total. The van der Waals surface area contributed by atoms with Crippen molar-refractivity contribution in [2.45, 2.75) is 33.7 Å². The monoisotopic (exact) mass is 292 g/mol. The zero-order valence-corrected chi connectivity index (χ0v) is 13.9. The maximum atomic E-state index is 11.6. The van der Waals surface area contributed by atoms with E-state index in [1.807, 2.05) is 12.1 Å². The van der Waals surface area contributed by atoms with Gasteiger partial charge in [0.1, 0.15) is 5.75 Å². The van der Waals surface area contributed by atoms with Crippen LogP contribution in [0, 0.1) is 12.8 Å². The SMILES string of the molecule is Cc1ccc(OCCC(=O)N(C)C)c(CNCC(C)C)c1. The number of carbonyl (C=O) groups excluding carboxylic acids is 1. The fourth-order valence-electron chi connectivity index (χ4n) is 1.95. The minimum atomic E-state index is 0.0848. The third-order valence-corrected chi connectivity index (χ3v) is 3.16. The molecule has 0 atom stereocenters. The fourth-order valence-corrected chi connectivity index (χ4v) is 1.95. The Bertz CT molecular complexity index is 456. The van der Waals surface area contributed by atoms with E-state index in [4.69, 9.17) is 4.74 Å². The maximum Gasteiger partial charge on any atom is 0.225 e. The van der Waals surface area contributed by atoms with E-state index < -0.39 is 0 Å². The van der Waals surface area contributed by atoms with Crippen molar-refractivity contribution in [3.8, 4) is 5.75 Å². The van der Waals surface area contributed by atoms with Crippen LogP contribution in [0.3, 0.4) is 0 Å². The van der Waals surface area contributed by atoms with Crippen LogP contribution in [-0.2, 0) is 11.3 Å². The number of carbonyl (C=O) groups is 1. The van der Waals surface area contributed by atoms with E-state index in [-0.39, 0.29) is 5.91 Å². The van der Waals surface area contributed by atoms with Gasteiger partial charge >= 0.3 is 0 Å². The number of hydrogen-bond acceptors (Lipinski definition) is 3. The molecule has 0 aliphatic heterocycles. The van der Waals surface area contributed by atoms with Crippen LogP contribution in [0.4, 0.5) is 0 Å². The molecule has 0 bridgehead atoms. The third kappa shape index (κ3) is 6.63. The van der Waals surface area contributed by atoms with Gasteiger partial charge in [-0.15, -0.1) is 0 Å². The van der Waals surface area contributed by atoms with Gasteiger partial charge in [0.2, 0.25) is 5.91 Å². The molecule has 1 aromatic rings. The molecule has 0 spiro atoms. The van der Waals surface area contributed by atoms with E-state index in [0.717, 1.165) is 24.4 Å². The molecule has 1 N–H and O–H groups in total. The van der Waals surface area contributed by atoms with Crippen molar-refractivity contribution in [2.75, 3.05) is 27.2 Å². The first-order chi connectivity index (χ1) is 9.90. The molecule has 0 heterocycles. The van der Waals surface area contributed by atoms with Crippen molar-refractivity contribution in [3.05, 3.63) is 29.3 Å². The Morgan fingerprint density at radius 3 is 2.67 bits per heavy atom. The first-order valence-electron chi connectivity index (χ1n) is 7.53. The predicted molar refractivity (Wildman–Crippen MR) is 86.5 cm³/mol. The number of nitrogens with zero attached hydrogens (tertiary/aromatic N) is 1. The Hall–Kier alpha value is -1.55. The second-order valence-electron chi connectivity index (χ2n) is 6.02. The number of aryl methyl sites for hydroxylation is 1. The summed E-state index contributed by atoms with van der Waals surface area (Å²) >= 11 is 0. The van der Waals surface area contributed by atoms with Crippen LogP contribution in [0.1, 0.15) is 31.4 Å². The van der Waals surface area contributed by atoms with E-state index in [1.165, 1.54) is 5.56 Å². The molecule has 0 saturated carbocycles. The third-order valence-electron chi connectivity index (χ3n) is 3.16. The van der Waals surface area contributed by atoms with Crippen LogP contribution in [0.25, 0.3) is 0 Å². The highest BCUT2D eigenvalue weighted by Gasteiger charge is 2.07. The van der Waals surface area contributed by atoms with Gasteiger partial charge in [-0.3, -0.25) is 4.79 Å². The Balaban J connectivity index is 2.57. The summed E-state index contributed by atoms with van der Waals surface area (Å²) in [6, 6.07) is 6.16. The van der Waals surface area contributed by atoms with Crippen LogP contribution < -0.4 is 10.1 Å². The van der Waals surface area contributed by atoms with Gasteiger partial charge in [-0.2, -0.15) is 0 Å².